The molecule has 4 rings (SSSR count). The monoisotopic (exact) mass is 446 g/mol. The first kappa shape index (κ1) is 22.5. The van der Waals surface area contributed by atoms with Gasteiger partial charge in [-0.3, -0.25) is 0 Å². The number of rotatable bonds is 10. The summed E-state index contributed by atoms with van der Waals surface area (Å²) in [7, 11) is 0. The molecular formula is C26H26N2O5. The van der Waals surface area contributed by atoms with Crippen molar-refractivity contribution in [2.45, 2.75) is 32.8 Å². The largest absolute Gasteiger partial charge is 0.493 e. The quantitative estimate of drug-likeness (QED) is 0.372. The molecule has 170 valence electrons. The van der Waals surface area contributed by atoms with Gasteiger partial charge in [-0.15, -0.1) is 0 Å². The second-order valence-corrected chi connectivity index (χ2v) is 7.64. The van der Waals surface area contributed by atoms with Gasteiger partial charge in [0.2, 0.25) is 5.89 Å². The number of nitrogens with zero attached hydrogens (tertiary/aromatic N) is 2. The van der Waals surface area contributed by atoms with Gasteiger partial charge in [0.1, 0.15) is 17.2 Å². The molecule has 0 unspecified atom stereocenters. The summed E-state index contributed by atoms with van der Waals surface area (Å²) in [6.45, 7) is 4.47. The van der Waals surface area contributed by atoms with Gasteiger partial charge in [-0.25, -0.2) is 14.8 Å². The van der Waals surface area contributed by atoms with Crippen LogP contribution in [0.15, 0.2) is 65.1 Å². The Labute approximate surface area is 192 Å². The standard InChI is InChI=1S/C26H26N2O5/c1-3-31-24(26(29)30)16-18-8-11-20(12-9-18)32-15-14-21-17(2)33-25(28-21)23-13-10-19-6-4-5-7-22(19)27-23/h4-13,24H,3,14-16H2,1-2H3,(H,29,30)/t24-/m1/s1. The van der Waals surface area contributed by atoms with Crippen LogP contribution in [0.5, 0.6) is 5.75 Å². The summed E-state index contributed by atoms with van der Waals surface area (Å²) in [5.41, 5.74) is 3.31. The number of ether oxygens (including phenoxy) is 2. The normalized spacial score (nSPS) is 12.1. The number of para-hydroxylation sites is 1. The second kappa shape index (κ2) is 10.3. The lowest BCUT2D eigenvalue weighted by Crippen LogP contribution is -2.26. The number of carboxylic acid groups (broad SMARTS) is 1. The van der Waals surface area contributed by atoms with Crippen LogP contribution in [0, 0.1) is 6.92 Å². The van der Waals surface area contributed by atoms with Crippen molar-refractivity contribution in [1.29, 1.82) is 0 Å². The molecule has 1 atom stereocenters. The fraction of sp³-hybridized carbons (Fsp3) is 0.269. The SMILES string of the molecule is CCO[C@H](Cc1ccc(OCCc2nc(-c3ccc4ccccc4n3)oc2C)cc1)C(=O)O. The number of fused-ring (bicyclic) bond motifs is 1. The molecule has 4 aromatic rings. The third-order valence-electron chi connectivity index (χ3n) is 5.31. The Morgan fingerprint density at radius 1 is 1.06 bits per heavy atom. The lowest BCUT2D eigenvalue weighted by molar-refractivity contribution is -0.149. The van der Waals surface area contributed by atoms with Crippen molar-refractivity contribution in [2.75, 3.05) is 13.2 Å². The molecule has 0 fully saturated rings. The van der Waals surface area contributed by atoms with E-state index in [4.69, 9.17) is 13.9 Å². The first-order chi connectivity index (χ1) is 16.0. The Balaban J connectivity index is 1.35. The highest BCUT2D eigenvalue weighted by Crippen LogP contribution is 2.23. The highest BCUT2D eigenvalue weighted by Gasteiger charge is 2.18. The minimum absolute atomic E-state index is 0.313. The molecule has 2 aromatic heterocycles. The van der Waals surface area contributed by atoms with Gasteiger partial charge in [0, 0.05) is 24.8 Å². The van der Waals surface area contributed by atoms with E-state index in [0.717, 1.165) is 27.9 Å². The summed E-state index contributed by atoms with van der Waals surface area (Å²) in [4.78, 5) is 20.5. The van der Waals surface area contributed by atoms with Crippen molar-refractivity contribution >= 4 is 16.9 Å². The predicted molar refractivity (Wildman–Crippen MR) is 124 cm³/mol. The number of carboxylic acids is 1. The van der Waals surface area contributed by atoms with E-state index in [1.165, 1.54) is 0 Å². The lowest BCUT2D eigenvalue weighted by atomic mass is 10.1. The van der Waals surface area contributed by atoms with Crippen LogP contribution in [0.25, 0.3) is 22.5 Å². The molecule has 0 spiro atoms. The molecule has 33 heavy (non-hydrogen) atoms. The number of benzene rings is 2. The molecule has 0 amide bonds. The number of hydrogen-bond donors (Lipinski definition) is 1. The fourth-order valence-electron chi connectivity index (χ4n) is 3.57. The Morgan fingerprint density at radius 3 is 2.61 bits per heavy atom. The van der Waals surface area contributed by atoms with Crippen molar-refractivity contribution in [3.63, 3.8) is 0 Å². The van der Waals surface area contributed by atoms with Crippen LogP contribution in [0.4, 0.5) is 0 Å². The van der Waals surface area contributed by atoms with Crippen LogP contribution >= 0.6 is 0 Å². The van der Waals surface area contributed by atoms with Crippen molar-refractivity contribution in [3.8, 4) is 17.3 Å². The number of hydrogen-bond acceptors (Lipinski definition) is 6. The molecule has 7 heteroatoms. The van der Waals surface area contributed by atoms with Gasteiger partial charge in [-0.05, 0) is 43.7 Å². The van der Waals surface area contributed by atoms with Gasteiger partial charge >= 0.3 is 5.97 Å². The number of carbonyl (C=O) groups is 1. The van der Waals surface area contributed by atoms with Gasteiger partial charge < -0.3 is 19.0 Å². The smallest absolute Gasteiger partial charge is 0.333 e. The number of aliphatic carboxylic acids is 1. The first-order valence-electron chi connectivity index (χ1n) is 10.9. The van der Waals surface area contributed by atoms with Crippen LogP contribution < -0.4 is 4.74 Å². The Morgan fingerprint density at radius 2 is 1.85 bits per heavy atom. The van der Waals surface area contributed by atoms with Gasteiger partial charge in [-0.1, -0.05) is 36.4 Å². The predicted octanol–water partition coefficient (Wildman–Crippen LogP) is 4.85. The van der Waals surface area contributed by atoms with Gasteiger partial charge in [0.25, 0.3) is 0 Å². The third kappa shape index (κ3) is 5.56. The summed E-state index contributed by atoms with van der Waals surface area (Å²) in [5.74, 6) is 0.993. The molecule has 2 aromatic carbocycles. The number of aromatic nitrogens is 2. The molecule has 0 aliphatic carbocycles. The average molecular weight is 447 g/mol. The van der Waals surface area contributed by atoms with E-state index < -0.39 is 12.1 Å². The maximum Gasteiger partial charge on any atom is 0.333 e. The van der Waals surface area contributed by atoms with E-state index in [2.05, 4.69) is 9.97 Å². The molecule has 0 aliphatic rings. The minimum Gasteiger partial charge on any atom is -0.493 e. The fourth-order valence-corrected chi connectivity index (χ4v) is 3.57. The van der Waals surface area contributed by atoms with E-state index in [-0.39, 0.29) is 0 Å². The molecule has 0 saturated carbocycles. The van der Waals surface area contributed by atoms with Crippen molar-refractivity contribution in [1.82, 2.24) is 9.97 Å². The maximum absolute atomic E-state index is 11.2. The first-order valence-corrected chi connectivity index (χ1v) is 10.9. The number of oxazole rings is 1. The Kier molecular flexibility index (Phi) is 7.00. The molecule has 1 N–H and O–H groups in total. The number of pyridine rings is 1. The Hall–Kier alpha value is -3.71. The van der Waals surface area contributed by atoms with E-state index in [9.17, 15) is 9.90 Å². The summed E-state index contributed by atoms with van der Waals surface area (Å²) < 4.78 is 17.0. The third-order valence-corrected chi connectivity index (χ3v) is 5.31. The topological polar surface area (TPSA) is 94.7 Å². The zero-order valence-electron chi connectivity index (χ0n) is 18.7. The second-order valence-electron chi connectivity index (χ2n) is 7.64. The summed E-state index contributed by atoms with van der Waals surface area (Å²) in [6, 6.07) is 19.2. The van der Waals surface area contributed by atoms with Crippen molar-refractivity contribution < 1.29 is 23.8 Å². The summed E-state index contributed by atoms with van der Waals surface area (Å²) in [6.07, 6.45) is 0.0618. The molecule has 0 aliphatic heterocycles. The molecule has 2 heterocycles. The van der Waals surface area contributed by atoms with E-state index in [0.29, 0.717) is 43.4 Å². The van der Waals surface area contributed by atoms with Gasteiger partial charge in [0.05, 0.1) is 17.8 Å². The summed E-state index contributed by atoms with van der Waals surface area (Å²) >= 11 is 0. The highest BCUT2D eigenvalue weighted by molar-refractivity contribution is 5.80. The molecule has 0 radical (unpaired) electrons. The minimum atomic E-state index is -0.960. The van der Waals surface area contributed by atoms with Crippen LogP contribution in [0.3, 0.4) is 0 Å². The van der Waals surface area contributed by atoms with Gasteiger partial charge in [0.15, 0.2) is 6.10 Å². The van der Waals surface area contributed by atoms with E-state index >= 15 is 0 Å². The van der Waals surface area contributed by atoms with Crippen LogP contribution in [0.2, 0.25) is 0 Å². The zero-order valence-corrected chi connectivity index (χ0v) is 18.7. The van der Waals surface area contributed by atoms with Crippen LogP contribution in [-0.4, -0.2) is 40.4 Å². The highest BCUT2D eigenvalue weighted by atomic mass is 16.5. The average Bonchev–Trinajstić information content (AvgIpc) is 3.20. The van der Waals surface area contributed by atoms with Crippen molar-refractivity contribution in [2.24, 2.45) is 0 Å². The van der Waals surface area contributed by atoms with E-state index in [1.807, 2.05) is 67.6 Å². The Bertz CT molecular complexity index is 1230. The van der Waals surface area contributed by atoms with Crippen LogP contribution in [-0.2, 0) is 22.4 Å². The molecule has 0 bridgehead atoms. The van der Waals surface area contributed by atoms with Crippen molar-refractivity contribution in [3.05, 3.63) is 77.7 Å². The van der Waals surface area contributed by atoms with E-state index in [1.54, 1.807) is 6.92 Å². The molecular weight excluding hydrogens is 420 g/mol. The van der Waals surface area contributed by atoms with Gasteiger partial charge in [-0.2, -0.15) is 0 Å². The number of aryl methyl sites for hydroxylation is 1. The zero-order chi connectivity index (χ0) is 23.2. The molecule has 7 nitrogen and oxygen atoms in total. The summed E-state index contributed by atoms with van der Waals surface area (Å²) in [5, 5.41) is 10.3. The van der Waals surface area contributed by atoms with Crippen LogP contribution in [0.1, 0.15) is 23.9 Å². The molecule has 0 saturated heterocycles. The maximum atomic E-state index is 11.2. The lowest BCUT2D eigenvalue weighted by Gasteiger charge is -2.12.